The van der Waals surface area contributed by atoms with Gasteiger partial charge < -0.3 is 23.0 Å². The third-order valence-electron chi connectivity index (χ3n) is 7.59. The normalized spacial score (nSPS) is 14.2. The lowest BCUT2D eigenvalue weighted by atomic mass is 10.1. The maximum atomic E-state index is 11.8. The minimum atomic E-state index is -0.574. The van der Waals surface area contributed by atoms with E-state index in [1.54, 1.807) is 0 Å². The topological polar surface area (TPSA) is 160 Å². The highest BCUT2D eigenvalue weighted by atomic mass is 16.5. The molecule has 4 aromatic heterocycles. The monoisotopic (exact) mass is 614 g/mol. The van der Waals surface area contributed by atoms with Gasteiger partial charge in [-0.3, -0.25) is 4.98 Å². The number of aryl methyl sites for hydroxylation is 2. The van der Waals surface area contributed by atoms with Crippen LogP contribution in [0.25, 0.3) is 22.2 Å². The number of fused-ring (bicyclic) bond motifs is 2. The van der Waals surface area contributed by atoms with Gasteiger partial charge in [-0.2, -0.15) is 15.0 Å². The molecule has 1 N–H and O–H groups in total. The molecule has 45 heavy (non-hydrogen) atoms. The van der Waals surface area contributed by atoms with Crippen LogP contribution in [0.5, 0.6) is 17.8 Å². The molecule has 234 valence electrons. The quantitative estimate of drug-likeness (QED) is 0.219. The summed E-state index contributed by atoms with van der Waals surface area (Å²) in [6.45, 7) is 5.37. The van der Waals surface area contributed by atoms with Crippen LogP contribution in [0.4, 0.5) is 0 Å². The minimum Gasteiger partial charge on any atom is -0.477 e. The summed E-state index contributed by atoms with van der Waals surface area (Å²) in [7, 11) is 0. The summed E-state index contributed by atoms with van der Waals surface area (Å²) >= 11 is 0. The number of rotatable bonds is 11. The summed E-state index contributed by atoms with van der Waals surface area (Å²) in [5.41, 5.74) is 1.43. The van der Waals surface area contributed by atoms with Crippen LogP contribution in [-0.4, -0.2) is 33.1 Å². The number of aromatic nitrogens is 4. The smallest absolute Gasteiger partial charge is 0.351 e. The summed E-state index contributed by atoms with van der Waals surface area (Å²) in [4.78, 5) is 49.7. The van der Waals surface area contributed by atoms with E-state index in [2.05, 4.69) is 19.9 Å². The lowest BCUT2D eigenvalue weighted by Crippen LogP contribution is -2.15. The lowest BCUT2D eigenvalue weighted by molar-refractivity contribution is 0.259. The van der Waals surface area contributed by atoms with Crippen LogP contribution in [0.2, 0.25) is 0 Å². The van der Waals surface area contributed by atoms with Crippen LogP contribution < -0.4 is 31.2 Å². The van der Waals surface area contributed by atoms with Crippen molar-refractivity contribution in [3.63, 3.8) is 0 Å². The average molecular weight is 615 g/mol. The van der Waals surface area contributed by atoms with E-state index in [1.165, 1.54) is 25.0 Å². The molecule has 2 aliphatic carbocycles. The molecule has 0 atom stereocenters. The van der Waals surface area contributed by atoms with Crippen LogP contribution in [0.15, 0.2) is 65.7 Å². The first-order valence-corrected chi connectivity index (χ1v) is 15.2. The molecule has 0 aliphatic heterocycles. The van der Waals surface area contributed by atoms with Crippen molar-refractivity contribution in [2.24, 2.45) is 11.8 Å². The molecule has 0 saturated heterocycles. The molecule has 2 fully saturated rings. The predicted molar refractivity (Wildman–Crippen MR) is 165 cm³/mol. The Morgan fingerprint density at radius 3 is 1.98 bits per heavy atom. The van der Waals surface area contributed by atoms with Crippen LogP contribution in [0.3, 0.4) is 0 Å². The Hall–Kier alpha value is -5.00. The van der Waals surface area contributed by atoms with Crippen molar-refractivity contribution in [3.8, 4) is 17.8 Å². The maximum Gasteiger partial charge on any atom is 0.351 e. The van der Waals surface area contributed by atoms with Gasteiger partial charge in [-0.05, 0) is 67.1 Å². The number of nitrogens with one attached hydrogen (secondary N) is 1. The average Bonchev–Trinajstić information content (AvgIpc) is 3.97. The van der Waals surface area contributed by atoms with Gasteiger partial charge in [0.25, 0.3) is 0 Å². The molecule has 4 heterocycles. The summed E-state index contributed by atoms with van der Waals surface area (Å²) < 4.78 is 27.6. The van der Waals surface area contributed by atoms with E-state index in [9.17, 15) is 14.4 Å². The van der Waals surface area contributed by atoms with Gasteiger partial charge in [0.1, 0.15) is 17.4 Å². The van der Waals surface area contributed by atoms with Crippen LogP contribution in [0, 0.1) is 11.8 Å². The van der Waals surface area contributed by atoms with Crippen molar-refractivity contribution in [2.75, 3.05) is 13.2 Å². The number of hydrogen-bond acceptors (Lipinski definition) is 11. The second-order valence-corrected chi connectivity index (χ2v) is 11.2. The fourth-order valence-corrected chi connectivity index (χ4v) is 4.74. The molecule has 0 amide bonds. The largest absolute Gasteiger partial charge is 0.477 e. The summed E-state index contributed by atoms with van der Waals surface area (Å²) in [6.07, 6.45) is 5.95. The number of hydrogen-bond donors (Lipinski definition) is 1. The van der Waals surface area contributed by atoms with Crippen molar-refractivity contribution in [3.05, 3.63) is 90.5 Å². The molecule has 7 rings (SSSR count). The highest BCUT2D eigenvalue weighted by Gasteiger charge is 2.25. The molecule has 0 spiro atoms. The Morgan fingerprint density at radius 1 is 0.756 bits per heavy atom. The van der Waals surface area contributed by atoms with E-state index in [0.717, 1.165) is 29.5 Å². The Balaban J connectivity index is 0.000000167. The first-order chi connectivity index (χ1) is 21.9. The molecular weight excluding hydrogens is 580 g/mol. The lowest BCUT2D eigenvalue weighted by Gasteiger charge is -2.12. The SMILES string of the molecule is CCc1cc(=O)oc2[nH]c(=O)nc(OCC3CC3)c12.CCc1cc(=O)oc2nc(OCc3ccccc3)nc(OCC3CC3)c12. The van der Waals surface area contributed by atoms with Crippen LogP contribution in [-0.2, 0) is 19.4 Å². The highest BCUT2D eigenvalue weighted by molar-refractivity contribution is 5.83. The zero-order chi connectivity index (χ0) is 31.3. The Bertz CT molecular complexity index is 1970. The van der Waals surface area contributed by atoms with Crippen molar-refractivity contribution < 1.29 is 23.0 Å². The minimum absolute atomic E-state index is 0.134. The van der Waals surface area contributed by atoms with Gasteiger partial charge in [0.05, 0.1) is 13.2 Å². The fourth-order valence-electron chi connectivity index (χ4n) is 4.74. The number of aromatic amines is 1. The second kappa shape index (κ2) is 13.3. The fraction of sp³-hybridized carbons (Fsp3) is 0.394. The molecule has 0 bridgehead atoms. The van der Waals surface area contributed by atoms with E-state index in [1.807, 2.05) is 44.2 Å². The first kappa shape index (κ1) is 30.0. The van der Waals surface area contributed by atoms with E-state index < -0.39 is 16.9 Å². The van der Waals surface area contributed by atoms with Gasteiger partial charge in [0.2, 0.25) is 23.2 Å². The van der Waals surface area contributed by atoms with Gasteiger partial charge >= 0.3 is 23.0 Å². The molecule has 12 nitrogen and oxygen atoms in total. The Morgan fingerprint density at radius 2 is 1.36 bits per heavy atom. The number of H-pyrrole nitrogens is 1. The van der Waals surface area contributed by atoms with E-state index >= 15 is 0 Å². The summed E-state index contributed by atoms with van der Waals surface area (Å²) in [5, 5.41) is 1.24. The number of ether oxygens (including phenoxy) is 3. The third kappa shape index (κ3) is 7.57. The number of benzene rings is 1. The molecule has 5 aromatic rings. The van der Waals surface area contributed by atoms with Crippen molar-refractivity contribution in [1.29, 1.82) is 0 Å². The van der Waals surface area contributed by atoms with Crippen molar-refractivity contribution >= 4 is 22.2 Å². The Kier molecular flexibility index (Phi) is 8.90. The van der Waals surface area contributed by atoms with Gasteiger partial charge in [-0.25, -0.2) is 14.4 Å². The molecule has 1 aromatic carbocycles. The standard InChI is InChI=1S/C20H20N2O4.C13H14N2O4/c1-2-15-10-16(23)26-19-17(15)18(24-11-14-8-9-14)21-20(22-19)25-12-13-6-4-3-5-7-13;1-2-8-5-9(16)19-12-10(8)11(14-13(17)15-12)18-6-7-3-4-7/h3-7,10,14H,2,8-9,11-12H2,1H3;5,7H,2-4,6H2,1H3,(H,14,15,17). The van der Waals surface area contributed by atoms with Crippen molar-refractivity contribution in [1.82, 2.24) is 19.9 Å². The van der Waals surface area contributed by atoms with Crippen molar-refractivity contribution in [2.45, 2.75) is 59.0 Å². The maximum absolute atomic E-state index is 11.8. The molecule has 0 unspecified atom stereocenters. The zero-order valence-corrected chi connectivity index (χ0v) is 25.2. The van der Waals surface area contributed by atoms with Gasteiger partial charge in [0, 0.05) is 12.1 Å². The predicted octanol–water partition coefficient (Wildman–Crippen LogP) is 4.74. The first-order valence-electron chi connectivity index (χ1n) is 15.2. The van der Waals surface area contributed by atoms with Crippen LogP contribution >= 0.6 is 0 Å². The molecule has 2 aliphatic rings. The zero-order valence-electron chi connectivity index (χ0n) is 25.2. The van der Waals surface area contributed by atoms with E-state index in [-0.39, 0.29) is 23.3 Å². The highest BCUT2D eigenvalue weighted by Crippen LogP contribution is 2.33. The van der Waals surface area contributed by atoms with Gasteiger partial charge in [-0.1, -0.05) is 44.2 Å². The van der Waals surface area contributed by atoms with Gasteiger partial charge in [0.15, 0.2) is 0 Å². The van der Waals surface area contributed by atoms with E-state index in [4.69, 9.17) is 23.0 Å². The third-order valence-corrected chi connectivity index (χ3v) is 7.59. The second-order valence-electron chi connectivity index (χ2n) is 11.2. The summed E-state index contributed by atoms with van der Waals surface area (Å²) in [5.74, 6) is 1.81. The Labute approximate surface area is 257 Å². The van der Waals surface area contributed by atoms with Gasteiger partial charge in [-0.15, -0.1) is 0 Å². The van der Waals surface area contributed by atoms with Crippen LogP contribution in [0.1, 0.15) is 56.2 Å². The molecule has 2 saturated carbocycles. The molecule has 0 radical (unpaired) electrons. The number of nitrogens with zero attached hydrogens (tertiary/aromatic N) is 3. The van der Waals surface area contributed by atoms with E-state index in [0.29, 0.717) is 61.2 Å². The molecular formula is C33H34N4O8. The summed E-state index contributed by atoms with van der Waals surface area (Å²) in [6, 6.07) is 12.8. The molecule has 12 heteroatoms.